The topological polar surface area (TPSA) is 82.3 Å². The van der Waals surface area contributed by atoms with Crippen LogP contribution in [0.4, 0.5) is 5.95 Å². The zero-order chi connectivity index (χ0) is 10.7. The van der Waals surface area contributed by atoms with E-state index in [1.807, 2.05) is 0 Å². The lowest BCUT2D eigenvalue weighted by Crippen LogP contribution is -2.15. The van der Waals surface area contributed by atoms with Gasteiger partial charge in [0.15, 0.2) is 0 Å². The molecule has 0 radical (unpaired) electrons. The van der Waals surface area contributed by atoms with Gasteiger partial charge in [0.1, 0.15) is 0 Å². The summed E-state index contributed by atoms with van der Waals surface area (Å²) in [4.78, 5) is 8.54. The van der Waals surface area contributed by atoms with Crippen molar-refractivity contribution in [2.45, 2.75) is 13.2 Å². The maximum Gasteiger partial charge on any atom is 0.226 e. The molecule has 0 bridgehead atoms. The fourth-order valence-electron chi connectivity index (χ4n) is 1.45. The quantitative estimate of drug-likeness (QED) is 0.721. The van der Waals surface area contributed by atoms with E-state index in [2.05, 4.69) is 15.3 Å². The average Bonchev–Trinajstić information content (AvgIpc) is 2.73. The Morgan fingerprint density at radius 2 is 2.33 bits per heavy atom. The number of methoxy groups -OCH3 is 1. The Labute approximate surface area is 87.8 Å². The van der Waals surface area contributed by atoms with Crippen molar-refractivity contribution in [3.63, 3.8) is 0 Å². The maximum absolute atomic E-state index is 5.39. The number of nitrogens with zero attached hydrogens (tertiary/aromatic N) is 2. The summed E-state index contributed by atoms with van der Waals surface area (Å²) >= 11 is 0. The molecule has 1 aromatic heterocycles. The monoisotopic (exact) mass is 210 g/mol. The Bertz CT molecular complexity index is 356. The molecule has 0 aromatic carbocycles. The Balaban J connectivity index is 2.26. The molecule has 0 saturated carbocycles. The molecule has 6 nitrogen and oxygen atoms in total. The number of hydrogen-bond donors (Lipinski definition) is 2. The molecule has 0 fully saturated rings. The van der Waals surface area contributed by atoms with Crippen LogP contribution in [0.3, 0.4) is 0 Å². The molecule has 1 aromatic rings. The first kappa shape index (κ1) is 10.1. The molecule has 0 atom stereocenters. The van der Waals surface area contributed by atoms with Gasteiger partial charge in [-0.15, -0.1) is 0 Å². The summed E-state index contributed by atoms with van der Waals surface area (Å²) in [5.74, 6) is 1.12. The summed E-state index contributed by atoms with van der Waals surface area (Å²) in [6.07, 6.45) is 0. The lowest BCUT2D eigenvalue weighted by Gasteiger charge is -2.08. The van der Waals surface area contributed by atoms with Crippen LogP contribution < -0.4 is 15.8 Å². The normalized spacial score (nSPS) is 13.7. The highest BCUT2D eigenvalue weighted by Crippen LogP contribution is 2.26. The number of ether oxygens (including phenoxy) is 2. The first-order chi connectivity index (χ1) is 7.35. The average molecular weight is 210 g/mol. The Kier molecular flexibility index (Phi) is 2.98. The van der Waals surface area contributed by atoms with Crippen LogP contribution in [-0.4, -0.2) is 30.2 Å². The minimum atomic E-state index is 0.519. The van der Waals surface area contributed by atoms with Gasteiger partial charge >= 0.3 is 0 Å². The molecule has 1 aliphatic heterocycles. The number of nitrogens with two attached hydrogens (primary N) is 1. The van der Waals surface area contributed by atoms with Gasteiger partial charge in [0.05, 0.1) is 31.6 Å². The van der Waals surface area contributed by atoms with Crippen LogP contribution in [0, 0.1) is 0 Å². The molecule has 0 aliphatic carbocycles. The summed E-state index contributed by atoms with van der Waals surface area (Å²) in [7, 11) is 1.59. The second-order valence-corrected chi connectivity index (χ2v) is 3.19. The number of fused-ring (bicyclic) bond motifs is 1. The molecule has 15 heavy (non-hydrogen) atoms. The Morgan fingerprint density at radius 3 is 3.07 bits per heavy atom. The van der Waals surface area contributed by atoms with Crippen LogP contribution in [0.25, 0.3) is 0 Å². The van der Waals surface area contributed by atoms with Gasteiger partial charge in [-0.1, -0.05) is 0 Å². The van der Waals surface area contributed by atoms with Crippen molar-refractivity contribution in [1.82, 2.24) is 9.97 Å². The van der Waals surface area contributed by atoms with E-state index < -0.39 is 0 Å². The van der Waals surface area contributed by atoms with Crippen molar-refractivity contribution < 1.29 is 9.47 Å². The van der Waals surface area contributed by atoms with E-state index in [-0.39, 0.29) is 0 Å². The third kappa shape index (κ3) is 2.00. The number of rotatable bonds is 4. The summed E-state index contributed by atoms with van der Waals surface area (Å²) < 4.78 is 10.5. The molecule has 2 heterocycles. The number of anilines is 1. The van der Waals surface area contributed by atoms with E-state index >= 15 is 0 Å². The highest BCUT2D eigenvalue weighted by atomic mass is 16.5. The van der Waals surface area contributed by atoms with Crippen LogP contribution in [0.5, 0.6) is 5.88 Å². The first-order valence-electron chi connectivity index (χ1n) is 4.80. The molecular formula is C9H14N4O2. The molecule has 6 heteroatoms. The molecular weight excluding hydrogens is 196 g/mol. The fourth-order valence-corrected chi connectivity index (χ4v) is 1.45. The van der Waals surface area contributed by atoms with E-state index in [1.165, 1.54) is 0 Å². The third-order valence-corrected chi connectivity index (χ3v) is 2.16. The van der Waals surface area contributed by atoms with Crippen molar-refractivity contribution >= 4 is 5.95 Å². The summed E-state index contributed by atoms with van der Waals surface area (Å²) in [6, 6.07) is 0. The van der Waals surface area contributed by atoms with E-state index in [9.17, 15) is 0 Å². The van der Waals surface area contributed by atoms with Crippen molar-refractivity contribution in [2.75, 3.05) is 25.5 Å². The van der Waals surface area contributed by atoms with Crippen LogP contribution in [0.1, 0.15) is 11.3 Å². The number of hydrogen-bond acceptors (Lipinski definition) is 6. The van der Waals surface area contributed by atoms with Crippen molar-refractivity contribution in [2.24, 2.45) is 5.73 Å². The summed E-state index contributed by atoms with van der Waals surface area (Å²) in [5.41, 5.74) is 7.22. The van der Waals surface area contributed by atoms with Crippen molar-refractivity contribution in [3.8, 4) is 5.88 Å². The van der Waals surface area contributed by atoms with Crippen LogP contribution in [0.15, 0.2) is 0 Å². The molecule has 0 spiro atoms. The van der Waals surface area contributed by atoms with E-state index in [4.69, 9.17) is 15.2 Å². The van der Waals surface area contributed by atoms with Gasteiger partial charge in [-0.2, -0.15) is 4.98 Å². The van der Waals surface area contributed by atoms with Gasteiger partial charge in [-0.25, -0.2) is 4.98 Å². The van der Waals surface area contributed by atoms with E-state index in [1.54, 1.807) is 7.11 Å². The maximum atomic E-state index is 5.39. The first-order valence-corrected chi connectivity index (χ1v) is 4.80. The third-order valence-electron chi connectivity index (χ3n) is 2.16. The van der Waals surface area contributed by atoms with Gasteiger partial charge < -0.3 is 20.5 Å². The number of nitrogens with one attached hydrogen (secondary N) is 1. The number of aromatic nitrogens is 2. The molecule has 0 amide bonds. The fraction of sp³-hybridized carbons (Fsp3) is 0.556. The van der Waals surface area contributed by atoms with Crippen molar-refractivity contribution in [1.29, 1.82) is 0 Å². The molecule has 2 rings (SSSR count). The summed E-state index contributed by atoms with van der Waals surface area (Å²) in [6.45, 7) is 2.23. The van der Waals surface area contributed by atoms with E-state index in [0.29, 0.717) is 38.1 Å². The van der Waals surface area contributed by atoms with Gasteiger partial charge in [0, 0.05) is 13.1 Å². The standard InChI is InChI=1S/C9H14N4O2/c1-14-8-6-4-15-5-7(6)12-9(13-8)11-3-2-10/h2-5,10H2,1H3,(H,11,12,13). The minimum absolute atomic E-state index is 0.519. The van der Waals surface area contributed by atoms with Crippen LogP contribution >= 0.6 is 0 Å². The van der Waals surface area contributed by atoms with Crippen LogP contribution in [0.2, 0.25) is 0 Å². The molecule has 1 aliphatic rings. The van der Waals surface area contributed by atoms with Gasteiger partial charge in [-0.3, -0.25) is 0 Å². The SMILES string of the molecule is COc1nc(NCCN)nc2c1COC2. The second kappa shape index (κ2) is 4.41. The highest BCUT2D eigenvalue weighted by molar-refractivity contribution is 5.39. The highest BCUT2D eigenvalue weighted by Gasteiger charge is 2.20. The molecule has 0 saturated heterocycles. The van der Waals surface area contributed by atoms with Gasteiger partial charge in [0.25, 0.3) is 0 Å². The van der Waals surface area contributed by atoms with Crippen LogP contribution in [-0.2, 0) is 18.0 Å². The molecule has 3 N–H and O–H groups in total. The largest absolute Gasteiger partial charge is 0.481 e. The van der Waals surface area contributed by atoms with Gasteiger partial charge in [-0.05, 0) is 0 Å². The zero-order valence-electron chi connectivity index (χ0n) is 8.62. The van der Waals surface area contributed by atoms with Crippen molar-refractivity contribution in [3.05, 3.63) is 11.3 Å². The lowest BCUT2D eigenvalue weighted by molar-refractivity contribution is 0.132. The minimum Gasteiger partial charge on any atom is -0.481 e. The predicted molar refractivity (Wildman–Crippen MR) is 54.6 cm³/mol. The smallest absolute Gasteiger partial charge is 0.226 e. The van der Waals surface area contributed by atoms with E-state index in [0.717, 1.165) is 11.3 Å². The zero-order valence-corrected chi connectivity index (χ0v) is 8.62. The molecule has 82 valence electrons. The molecule has 0 unspecified atom stereocenters. The lowest BCUT2D eigenvalue weighted by atomic mass is 10.2. The van der Waals surface area contributed by atoms with Gasteiger partial charge in [0.2, 0.25) is 11.8 Å². The Hall–Kier alpha value is -1.40. The second-order valence-electron chi connectivity index (χ2n) is 3.19. The predicted octanol–water partition coefficient (Wildman–Crippen LogP) is -0.114. The Morgan fingerprint density at radius 1 is 1.47 bits per heavy atom. The summed E-state index contributed by atoms with van der Waals surface area (Å²) in [5, 5.41) is 3.02.